The molecule has 1 aromatic heterocycles. The number of nitrogens with two attached hydrogens (primary N) is 1. The van der Waals surface area contributed by atoms with Crippen LogP contribution in [0.3, 0.4) is 0 Å². The monoisotopic (exact) mass is 315 g/mol. The second-order valence-electron chi connectivity index (χ2n) is 4.09. The topological polar surface area (TPSA) is 85.1 Å². The minimum absolute atomic E-state index is 0.0353. The molecule has 0 aliphatic rings. The Labute approximate surface area is 120 Å². The van der Waals surface area contributed by atoms with Crippen molar-refractivity contribution in [3.63, 3.8) is 0 Å². The van der Waals surface area contributed by atoms with Crippen LogP contribution in [0.1, 0.15) is 5.56 Å². The van der Waals surface area contributed by atoms with Gasteiger partial charge in [0.2, 0.25) is 5.95 Å². The minimum Gasteiger partial charge on any atom is -0.398 e. The third-order valence-corrected chi connectivity index (χ3v) is 4.36. The summed E-state index contributed by atoms with van der Waals surface area (Å²) in [6.45, 7) is 1.57. The van der Waals surface area contributed by atoms with E-state index in [4.69, 9.17) is 17.3 Å². The SMILES string of the molecule is Cc1c(N)cc(Cl)cc1S(=O)(=O)Nc1ccc(F)nc1. The molecule has 1 heterocycles. The second kappa shape index (κ2) is 5.26. The zero-order valence-electron chi connectivity index (χ0n) is 10.4. The summed E-state index contributed by atoms with van der Waals surface area (Å²) >= 11 is 5.82. The van der Waals surface area contributed by atoms with Crippen molar-refractivity contribution in [3.05, 3.63) is 47.0 Å². The second-order valence-corrected chi connectivity index (χ2v) is 6.18. The predicted molar refractivity (Wildman–Crippen MR) is 75.6 cm³/mol. The third-order valence-electron chi connectivity index (χ3n) is 2.63. The van der Waals surface area contributed by atoms with Crippen molar-refractivity contribution < 1.29 is 12.8 Å². The van der Waals surface area contributed by atoms with E-state index in [2.05, 4.69) is 9.71 Å². The minimum atomic E-state index is -3.88. The zero-order valence-corrected chi connectivity index (χ0v) is 12.0. The molecule has 106 valence electrons. The lowest BCUT2D eigenvalue weighted by molar-refractivity contribution is 0.583. The standard InChI is InChI=1S/C12H11ClFN3O2S/c1-7-10(15)4-8(13)5-11(7)20(18,19)17-9-2-3-12(14)16-6-9/h2-6,17H,15H2,1H3. The highest BCUT2D eigenvalue weighted by molar-refractivity contribution is 7.92. The van der Waals surface area contributed by atoms with E-state index in [1.54, 1.807) is 6.92 Å². The number of pyridine rings is 1. The first kappa shape index (κ1) is 14.5. The first-order chi connectivity index (χ1) is 9.29. The molecule has 0 spiro atoms. The van der Waals surface area contributed by atoms with E-state index in [0.717, 1.165) is 12.3 Å². The number of benzene rings is 1. The summed E-state index contributed by atoms with van der Waals surface area (Å²) in [5, 5.41) is 0.214. The number of halogens is 2. The number of hydrogen-bond acceptors (Lipinski definition) is 4. The molecule has 0 radical (unpaired) electrons. The number of nitrogen functional groups attached to an aromatic ring is 1. The summed E-state index contributed by atoms with van der Waals surface area (Å²) in [4.78, 5) is 3.33. The summed E-state index contributed by atoms with van der Waals surface area (Å²) in [6.07, 6.45) is 1.08. The van der Waals surface area contributed by atoms with Crippen LogP contribution >= 0.6 is 11.6 Å². The molecule has 0 unspecified atom stereocenters. The molecule has 0 atom stereocenters. The van der Waals surface area contributed by atoms with Crippen molar-refractivity contribution in [1.82, 2.24) is 4.98 Å². The van der Waals surface area contributed by atoms with Gasteiger partial charge in [-0.1, -0.05) is 11.6 Å². The number of hydrogen-bond donors (Lipinski definition) is 2. The zero-order chi connectivity index (χ0) is 14.9. The molecule has 2 rings (SSSR count). The highest BCUT2D eigenvalue weighted by Gasteiger charge is 2.19. The molecular formula is C12H11ClFN3O2S. The van der Waals surface area contributed by atoms with Crippen LogP contribution in [0.15, 0.2) is 35.4 Å². The van der Waals surface area contributed by atoms with Crippen LogP contribution in [-0.2, 0) is 10.0 Å². The molecule has 0 bridgehead atoms. The van der Waals surface area contributed by atoms with Crippen LogP contribution in [0.4, 0.5) is 15.8 Å². The largest absolute Gasteiger partial charge is 0.398 e. The summed E-state index contributed by atoms with van der Waals surface area (Å²) < 4.78 is 39.5. The Balaban J connectivity index is 2.43. The molecule has 0 aliphatic carbocycles. The van der Waals surface area contributed by atoms with Crippen molar-refractivity contribution >= 4 is 33.0 Å². The Bertz CT molecular complexity index is 748. The van der Waals surface area contributed by atoms with E-state index < -0.39 is 16.0 Å². The molecule has 5 nitrogen and oxygen atoms in total. The van der Waals surface area contributed by atoms with Crippen molar-refractivity contribution in [3.8, 4) is 0 Å². The average molecular weight is 316 g/mol. The molecule has 0 saturated heterocycles. The quantitative estimate of drug-likeness (QED) is 0.673. The lowest BCUT2D eigenvalue weighted by Crippen LogP contribution is -2.15. The predicted octanol–water partition coefficient (Wildman–Crippen LogP) is 2.57. The van der Waals surface area contributed by atoms with Gasteiger partial charge >= 0.3 is 0 Å². The van der Waals surface area contributed by atoms with Crippen molar-refractivity contribution in [2.75, 3.05) is 10.5 Å². The molecule has 3 N–H and O–H groups in total. The Hall–Kier alpha value is -1.86. The fraction of sp³-hybridized carbons (Fsp3) is 0.0833. The van der Waals surface area contributed by atoms with Gasteiger partial charge in [0.05, 0.1) is 16.8 Å². The number of aromatic nitrogens is 1. The van der Waals surface area contributed by atoms with Gasteiger partial charge in [0.25, 0.3) is 10.0 Å². The van der Waals surface area contributed by atoms with Gasteiger partial charge < -0.3 is 5.73 Å². The first-order valence-corrected chi connectivity index (χ1v) is 7.36. The molecule has 0 fully saturated rings. The molecule has 20 heavy (non-hydrogen) atoms. The van der Waals surface area contributed by atoms with E-state index in [1.807, 2.05) is 0 Å². The van der Waals surface area contributed by atoms with Gasteiger partial charge in [0.15, 0.2) is 0 Å². The fourth-order valence-electron chi connectivity index (χ4n) is 1.60. The molecule has 0 amide bonds. The molecule has 0 saturated carbocycles. The van der Waals surface area contributed by atoms with Gasteiger partial charge in [0.1, 0.15) is 0 Å². The summed E-state index contributed by atoms with van der Waals surface area (Å²) in [5.41, 5.74) is 6.50. The normalized spacial score (nSPS) is 11.3. The molecule has 1 aromatic carbocycles. The van der Waals surface area contributed by atoms with Crippen LogP contribution in [0.5, 0.6) is 0 Å². The van der Waals surface area contributed by atoms with Crippen LogP contribution in [0.2, 0.25) is 5.02 Å². The van der Waals surface area contributed by atoms with Gasteiger partial charge in [-0.05, 0) is 36.8 Å². The summed E-state index contributed by atoms with van der Waals surface area (Å²) in [5.74, 6) is -0.698. The molecule has 2 aromatic rings. The van der Waals surface area contributed by atoms with E-state index in [0.29, 0.717) is 5.56 Å². The number of sulfonamides is 1. The highest BCUT2D eigenvalue weighted by atomic mass is 35.5. The van der Waals surface area contributed by atoms with E-state index in [1.165, 1.54) is 18.2 Å². The maximum Gasteiger partial charge on any atom is 0.262 e. The van der Waals surface area contributed by atoms with Crippen molar-refractivity contribution in [2.45, 2.75) is 11.8 Å². The van der Waals surface area contributed by atoms with Gasteiger partial charge in [-0.15, -0.1) is 0 Å². The van der Waals surface area contributed by atoms with E-state index >= 15 is 0 Å². The van der Waals surface area contributed by atoms with Gasteiger partial charge in [-0.3, -0.25) is 4.72 Å². The number of rotatable bonds is 3. The maximum atomic E-state index is 12.7. The van der Waals surface area contributed by atoms with Crippen molar-refractivity contribution in [1.29, 1.82) is 0 Å². The van der Waals surface area contributed by atoms with Gasteiger partial charge in [0, 0.05) is 10.7 Å². The van der Waals surface area contributed by atoms with Crippen LogP contribution in [0, 0.1) is 12.9 Å². The first-order valence-electron chi connectivity index (χ1n) is 5.49. The Morgan fingerprint density at radius 2 is 2.05 bits per heavy atom. The summed E-state index contributed by atoms with van der Waals surface area (Å²) in [6, 6.07) is 5.09. The highest BCUT2D eigenvalue weighted by Crippen LogP contribution is 2.27. The molecular weight excluding hydrogens is 305 g/mol. The fourth-order valence-corrected chi connectivity index (χ4v) is 3.24. The van der Waals surface area contributed by atoms with Crippen LogP contribution in [0.25, 0.3) is 0 Å². The van der Waals surface area contributed by atoms with Crippen molar-refractivity contribution in [2.24, 2.45) is 0 Å². The van der Waals surface area contributed by atoms with Crippen LogP contribution in [-0.4, -0.2) is 13.4 Å². The Kier molecular flexibility index (Phi) is 3.82. The average Bonchev–Trinajstić information content (AvgIpc) is 2.36. The smallest absolute Gasteiger partial charge is 0.262 e. The van der Waals surface area contributed by atoms with Gasteiger partial charge in [-0.25, -0.2) is 13.4 Å². The molecule has 0 aliphatic heterocycles. The summed E-state index contributed by atoms with van der Waals surface area (Å²) in [7, 11) is -3.88. The van der Waals surface area contributed by atoms with Gasteiger partial charge in [-0.2, -0.15) is 4.39 Å². The lowest BCUT2D eigenvalue weighted by atomic mass is 10.2. The lowest BCUT2D eigenvalue weighted by Gasteiger charge is -2.12. The van der Waals surface area contributed by atoms with E-state index in [9.17, 15) is 12.8 Å². The number of nitrogens with one attached hydrogen (secondary N) is 1. The number of nitrogens with zero attached hydrogens (tertiary/aromatic N) is 1. The maximum absolute atomic E-state index is 12.7. The molecule has 8 heteroatoms. The Morgan fingerprint density at radius 1 is 1.35 bits per heavy atom. The van der Waals surface area contributed by atoms with Crippen LogP contribution < -0.4 is 10.5 Å². The number of anilines is 2. The van der Waals surface area contributed by atoms with E-state index in [-0.39, 0.29) is 21.3 Å². The Morgan fingerprint density at radius 3 is 2.65 bits per heavy atom. The third kappa shape index (κ3) is 3.00.